The molecule has 0 amide bonds. The molecule has 3 rings (SSSR count). The summed E-state index contributed by atoms with van der Waals surface area (Å²) >= 11 is 6.02. The highest BCUT2D eigenvalue weighted by Gasteiger charge is 2.30. The fraction of sp³-hybridized carbons (Fsp3) is 0.250. The van der Waals surface area contributed by atoms with Crippen molar-refractivity contribution in [3.63, 3.8) is 0 Å². The van der Waals surface area contributed by atoms with Gasteiger partial charge in [0, 0.05) is 6.04 Å². The lowest BCUT2D eigenvalue weighted by atomic mass is 9.76. The van der Waals surface area contributed by atoms with Crippen molar-refractivity contribution in [3.05, 3.63) is 64.7 Å². The van der Waals surface area contributed by atoms with Crippen molar-refractivity contribution >= 4 is 17.3 Å². The fourth-order valence-corrected chi connectivity index (χ4v) is 2.77. The maximum Gasteiger partial charge on any atom is 0.125 e. The van der Waals surface area contributed by atoms with Crippen LogP contribution in [0.15, 0.2) is 42.5 Å². The van der Waals surface area contributed by atoms with E-state index in [9.17, 15) is 8.78 Å². The van der Waals surface area contributed by atoms with Gasteiger partial charge in [0.05, 0.1) is 10.7 Å². The second-order valence-corrected chi connectivity index (χ2v) is 5.60. The molecular weight excluding hydrogens is 280 g/mol. The molecule has 0 saturated heterocycles. The summed E-state index contributed by atoms with van der Waals surface area (Å²) in [5.74, 6) is -0.152. The molecule has 0 heterocycles. The minimum Gasteiger partial charge on any atom is -0.381 e. The van der Waals surface area contributed by atoms with E-state index in [1.165, 1.54) is 18.2 Å². The van der Waals surface area contributed by atoms with Crippen LogP contribution in [0.1, 0.15) is 24.3 Å². The summed E-state index contributed by atoms with van der Waals surface area (Å²) in [5, 5.41) is 3.75. The Morgan fingerprint density at radius 1 is 1.00 bits per heavy atom. The van der Waals surface area contributed by atoms with Crippen LogP contribution in [0, 0.1) is 11.6 Å². The lowest BCUT2D eigenvalue weighted by molar-refractivity contribution is 0.373. The maximum atomic E-state index is 13.2. The van der Waals surface area contributed by atoms with Crippen LogP contribution in [0.4, 0.5) is 14.5 Å². The molecule has 0 bridgehead atoms. The van der Waals surface area contributed by atoms with Crippen LogP contribution in [0.3, 0.4) is 0 Å². The molecule has 0 unspecified atom stereocenters. The average molecular weight is 294 g/mol. The zero-order valence-corrected chi connectivity index (χ0v) is 11.5. The molecule has 1 saturated carbocycles. The second kappa shape index (κ2) is 5.41. The van der Waals surface area contributed by atoms with Gasteiger partial charge in [0.2, 0.25) is 0 Å². The van der Waals surface area contributed by atoms with E-state index < -0.39 is 0 Å². The lowest BCUT2D eigenvalue weighted by Crippen LogP contribution is -2.34. The topological polar surface area (TPSA) is 12.0 Å². The maximum absolute atomic E-state index is 13.2. The van der Waals surface area contributed by atoms with Crippen LogP contribution in [0.2, 0.25) is 5.02 Å². The fourth-order valence-electron chi connectivity index (χ4n) is 2.60. The average Bonchev–Trinajstić information content (AvgIpc) is 2.37. The Balaban J connectivity index is 1.62. The number of rotatable bonds is 3. The van der Waals surface area contributed by atoms with Crippen molar-refractivity contribution in [2.24, 2.45) is 0 Å². The van der Waals surface area contributed by atoms with Gasteiger partial charge < -0.3 is 5.32 Å². The van der Waals surface area contributed by atoms with E-state index in [4.69, 9.17) is 11.6 Å². The van der Waals surface area contributed by atoms with Crippen LogP contribution >= 0.6 is 11.6 Å². The van der Waals surface area contributed by atoms with Crippen molar-refractivity contribution in [2.45, 2.75) is 24.8 Å². The third-order valence-corrected chi connectivity index (χ3v) is 4.08. The van der Waals surface area contributed by atoms with Gasteiger partial charge in [0.25, 0.3) is 0 Å². The first-order valence-electron chi connectivity index (χ1n) is 6.59. The van der Waals surface area contributed by atoms with Crippen LogP contribution < -0.4 is 5.32 Å². The number of benzene rings is 2. The third kappa shape index (κ3) is 2.78. The molecule has 1 aliphatic carbocycles. The molecule has 104 valence electrons. The standard InChI is InChI=1S/C16H14ClF2N/c17-15-5-4-13(19)9-16(15)20-14-7-11(8-14)10-2-1-3-12(18)6-10/h1-6,9,11,14,20H,7-8H2. The quantitative estimate of drug-likeness (QED) is 0.842. The zero-order valence-electron chi connectivity index (χ0n) is 10.7. The van der Waals surface area contributed by atoms with Gasteiger partial charge in [-0.3, -0.25) is 0 Å². The summed E-state index contributed by atoms with van der Waals surface area (Å²) in [7, 11) is 0. The Morgan fingerprint density at radius 3 is 2.50 bits per heavy atom. The molecule has 20 heavy (non-hydrogen) atoms. The van der Waals surface area contributed by atoms with Gasteiger partial charge in [-0.05, 0) is 54.7 Å². The number of anilines is 1. The van der Waals surface area contributed by atoms with Crippen molar-refractivity contribution in [1.82, 2.24) is 0 Å². The number of hydrogen-bond donors (Lipinski definition) is 1. The Morgan fingerprint density at radius 2 is 1.75 bits per heavy atom. The third-order valence-electron chi connectivity index (χ3n) is 3.75. The van der Waals surface area contributed by atoms with Crippen molar-refractivity contribution < 1.29 is 8.78 Å². The predicted octanol–water partition coefficient (Wildman–Crippen LogP) is 4.98. The van der Waals surface area contributed by atoms with E-state index in [1.54, 1.807) is 18.2 Å². The predicted molar refractivity (Wildman–Crippen MR) is 77.2 cm³/mol. The smallest absolute Gasteiger partial charge is 0.125 e. The molecule has 0 aromatic heterocycles. The first kappa shape index (κ1) is 13.4. The van der Waals surface area contributed by atoms with E-state index in [1.807, 2.05) is 6.07 Å². The van der Waals surface area contributed by atoms with E-state index in [0.29, 0.717) is 16.6 Å². The van der Waals surface area contributed by atoms with Gasteiger partial charge in [-0.2, -0.15) is 0 Å². The summed E-state index contributed by atoms with van der Waals surface area (Å²) in [6.45, 7) is 0. The van der Waals surface area contributed by atoms with Gasteiger partial charge >= 0.3 is 0 Å². The minimum atomic E-state index is -0.307. The molecule has 4 heteroatoms. The molecule has 1 N–H and O–H groups in total. The Bertz CT molecular complexity index is 624. The summed E-state index contributed by atoms with van der Waals surface area (Å²) in [4.78, 5) is 0. The normalized spacial score (nSPS) is 21.4. The van der Waals surface area contributed by atoms with Crippen LogP contribution in [-0.4, -0.2) is 6.04 Å². The largest absolute Gasteiger partial charge is 0.381 e. The molecular formula is C16H14ClF2N. The number of halogens is 3. The highest BCUT2D eigenvalue weighted by atomic mass is 35.5. The first-order chi connectivity index (χ1) is 9.61. The van der Waals surface area contributed by atoms with Crippen molar-refractivity contribution in [2.75, 3.05) is 5.32 Å². The van der Waals surface area contributed by atoms with Crippen molar-refractivity contribution in [1.29, 1.82) is 0 Å². The molecule has 0 aliphatic heterocycles. The highest BCUT2D eigenvalue weighted by Crippen LogP contribution is 2.39. The van der Waals surface area contributed by atoms with Gasteiger partial charge in [0.15, 0.2) is 0 Å². The van der Waals surface area contributed by atoms with Crippen LogP contribution in [0.25, 0.3) is 0 Å². The molecule has 0 spiro atoms. The molecule has 0 radical (unpaired) electrons. The second-order valence-electron chi connectivity index (χ2n) is 5.19. The number of nitrogens with one attached hydrogen (secondary N) is 1. The van der Waals surface area contributed by atoms with Gasteiger partial charge in [-0.1, -0.05) is 23.7 Å². The Kier molecular flexibility index (Phi) is 3.62. The summed E-state index contributed by atoms with van der Waals surface area (Å²) in [5.41, 5.74) is 1.64. The van der Waals surface area contributed by atoms with E-state index in [0.717, 1.165) is 18.4 Å². The first-order valence-corrected chi connectivity index (χ1v) is 6.96. The molecule has 1 nitrogen and oxygen atoms in total. The summed E-state index contributed by atoms with van der Waals surface area (Å²) in [6.07, 6.45) is 1.80. The van der Waals surface area contributed by atoms with Crippen molar-refractivity contribution in [3.8, 4) is 0 Å². The molecule has 2 aromatic rings. The SMILES string of the molecule is Fc1cccc(C2CC(Nc3cc(F)ccc3Cl)C2)c1. The van der Waals surface area contributed by atoms with Gasteiger partial charge in [-0.25, -0.2) is 8.78 Å². The zero-order chi connectivity index (χ0) is 14.1. The molecule has 0 atom stereocenters. The van der Waals surface area contributed by atoms with Crippen LogP contribution in [0.5, 0.6) is 0 Å². The number of hydrogen-bond acceptors (Lipinski definition) is 1. The van der Waals surface area contributed by atoms with Gasteiger partial charge in [0.1, 0.15) is 11.6 Å². The Hall–Kier alpha value is -1.61. The van der Waals surface area contributed by atoms with E-state index >= 15 is 0 Å². The Labute approximate surface area is 121 Å². The molecule has 1 fully saturated rings. The van der Waals surface area contributed by atoms with E-state index in [2.05, 4.69) is 5.32 Å². The highest BCUT2D eigenvalue weighted by molar-refractivity contribution is 6.33. The minimum absolute atomic E-state index is 0.202. The summed E-state index contributed by atoms with van der Waals surface area (Å²) in [6, 6.07) is 11.2. The monoisotopic (exact) mass is 293 g/mol. The van der Waals surface area contributed by atoms with Crippen LogP contribution in [-0.2, 0) is 0 Å². The lowest BCUT2D eigenvalue weighted by Gasteiger charge is -2.37. The van der Waals surface area contributed by atoms with E-state index in [-0.39, 0.29) is 17.7 Å². The molecule has 1 aliphatic rings. The summed E-state index contributed by atoms with van der Waals surface area (Å²) < 4.78 is 26.3. The van der Waals surface area contributed by atoms with Gasteiger partial charge in [-0.15, -0.1) is 0 Å². The molecule has 2 aromatic carbocycles.